The lowest BCUT2D eigenvalue weighted by Gasteiger charge is -2.17. The molecule has 0 aromatic heterocycles. The number of aliphatic carboxylic acids is 1. The van der Waals surface area contributed by atoms with Crippen LogP contribution in [0.5, 0.6) is 0 Å². The summed E-state index contributed by atoms with van der Waals surface area (Å²) < 4.78 is 0. The average molecular weight is 407 g/mol. The third kappa shape index (κ3) is 5.74. The second kappa shape index (κ2) is 9.80. The first-order valence-electron chi connectivity index (χ1n) is 9.74. The lowest BCUT2D eigenvalue weighted by molar-refractivity contribution is -0.302. The van der Waals surface area contributed by atoms with Crippen molar-refractivity contribution in [2.75, 3.05) is 0 Å². The maximum atomic E-state index is 8.89. The molecule has 0 bridgehead atoms. The van der Waals surface area contributed by atoms with Gasteiger partial charge in [0, 0.05) is 28.2 Å². The predicted molar refractivity (Wildman–Crippen MR) is 121 cm³/mol. The first-order valence-corrected chi connectivity index (χ1v) is 11.0. The summed E-state index contributed by atoms with van der Waals surface area (Å²) in [4.78, 5) is 13.2. The molecule has 0 saturated carbocycles. The quantitative estimate of drug-likeness (QED) is 0.547. The van der Waals surface area contributed by atoms with Crippen molar-refractivity contribution in [3.63, 3.8) is 0 Å². The number of benzene rings is 3. The van der Waals surface area contributed by atoms with Crippen LogP contribution in [0.4, 0.5) is 0 Å². The molecular weight excluding hydrogens is 376 g/mol. The van der Waals surface area contributed by atoms with Gasteiger partial charge in [-0.15, -0.1) is 0 Å². The average Bonchev–Trinajstić information content (AvgIpc) is 2.59. The first kappa shape index (κ1) is 22.8. The molecule has 0 spiro atoms. The van der Waals surface area contributed by atoms with E-state index in [1.54, 1.807) is 0 Å². The molecule has 3 heteroatoms. The smallest absolute Gasteiger partial charge is 0.172 e. The molecule has 0 unspecified atom stereocenters. The second-order valence-corrected chi connectivity index (χ2v) is 9.47. The van der Waals surface area contributed by atoms with Crippen molar-refractivity contribution in [1.82, 2.24) is 0 Å². The van der Waals surface area contributed by atoms with Gasteiger partial charge in [0.2, 0.25) is 0 Å². The molecular formula is C26H30O2S. The Balaban J connectivity index is 0.000000687. The van der Waals surface area contributed by atoms with Gasteiger partial charge in [-0.1, -0.05) is 53.6 Å². The molecule has 0 amide bonds. The molecule has 0 atom stereocenters. The van der Waals surface area contributed by atoms with Crippen molar-refractivity contribution in [2.24, 2.45) is 0 Å². The molecule has 0 aliphatic carbocycles. The van der Waals surface area contributed by atoms with E-state index in [0.717, 1.165) is 6.92 Å². The van der Waals surface area contributed by atoms with Crippen molar-refractivity contribution in [1.29, 1.82) is 0 Å². The monoisotopic (exact) mass is 406 g/mol. The van der Waals surface area contributed by atoms with E-state index in [0.29, 0.717) is 0 Å². The van der Waals surface area contributed by atoms with E-state index in [-0.39, 0.29) is 10.9 Å². The minimum Gasteiger partial charge on any atom is -0.550 e. The number of hydrogen-bond acceptors (Lipinski definition) is 2. The normalized spacial score (nSPS) is 10.5. The Labute approximate surface area is 178 Å². The number of carbonyl (C=O) groups is 1. The van der Waals surface area contributed by atoms with Gasteiger partial charge in [0.15, 0.2) is 14.7 Å². The highest BCUT2D eigenvalue weighted by atomic mass is 32.2. The van der Waals surface area contributed by atoms with Crippen LogP contribution in [0.3, 0.4) is 0 Å². The zero-order valence-corrected chi connectivity index (χ0v) is 19.2. The van der Waals surface area contributed by atoms with Crippen LogP contribution in [-0.2, 0) is 15.7 Å². The Hall–Kier alpha value is -2.52. The molecule has 3 aromatic carbocycles. The van der Waals surface area contributed by atoms with Gasteiger partial charge in [-0.3, -0.25) is 0 Å². The van der Waals surface area contributed by atoms with Gasteiger partial charge >= 0.3 is 0 Å². The standard InChI is InChI=1S/C24H27S.C2H4O2/c1-16-12-18(3)23(19(4)13-16)25(22-10-8-7-9-11-22)24-20(5)14-17(2)15-21(24)6;1-2(3)4/h7-15H,1-6H3;1H3,(H,3,4)/q+1;/p-1. The van der Waals surface area contributed by atoms with Crippen LogP contribution >= 0.6 is 0 Å². The van der Waals surface area contributed by atoms with Gasteiger partial charge in [0.1, 0.15) is 10.9 Å². The molecule has 3 rings (SSSR count). The molecule has 0 aliphatic heterocycles. The first-order chi connectivity index (χ1) is 13.6. The van der Waals surface area contributed by atoms with Crippen LogP contribution in [0, 0.1) is 41.5 Å². The van der Waals surface area contributed by atoms with Crippen molar-refractivity contribution in [2.45, 2.75) is 63.2 Å². The summed E-state index contributed by atoms with van der Waals surface area (Å²) in [6.07, 6.45) is 0. The van der Waals surface area contributed by atoms with E-state index in [1.165, 1.54) is 48.1 Å². The van der Waals surface area contributed by atoms with Crippen molar-refractivity contribution in [3.05, 3.63) is 88.0 Å². The number of carboxylic acid groups (broad SMARTS) is 1. The molecule has 0 saturated heterocycles. The van der Waals surface area contributed by atoms with E-state index >= 15 is 0 Å². The topological polar surface area (TPSA) is 40.1 Å². The summed E-state index contributed by atoms with van der Waals surface area (Å²) in [6, 6.07) is 20.3. The maximum Gasteiger partial charge on any atom is 0.172 e. The summed E-state index contributed by atoms with van der Waals surface area (Å²) in [5.74, 6) is -1.08. The van der Waals surface area contributed by atoms with Crippen molar-refractivity contribution >= 4 is 16.9 Å². The fraction of sp³-hybridized carbons (Fsp3) is 0.269. The zero-order chi connectivity index (χ0) is 21.7. The maximum absolute atomic E-state index is 8.89. The summed E-state index contributed by atoms with van der Waals surface area (Å²) in [5, 5.41) is 8.89. The van der Waals surface area contributed by atoms with Gasteiger partial charge in [0.05, 0.1) is 0 Å². The largest absolute Gasteiger partial charge is 0.550 e. The Morgan fingerprint density at radius 2 is 1.00 bits per heavy atom. The summed E-state index contributed by atoms with van der Waals surface area (Å²) >= 11 is 0. The Kier molecular flexibility index (Phi) is 7.69. The van der Waals surface area contributed by atoms with E-state index in [1.807, 2.05) is 0 Å². The van der Waals surface area contributed by atoms with E-state index in [4.69, 9.17) is 9.90 Å². The SMILES string of the molecule is CC(=O)[O-].Cc1cc(C)c([S+](c2ccccc2)c2c(C)cc(C)cc2C)c(C)c1. The highest BCUT2D eigenvalue weighted by Gasteiger charge is 2.35. The van der Waals surface area contributed by atoms with Gasteiger partial charge in [0.25, 0.3) is 0 Å². The summed E-state index contributed by atoms with van der Waals surface area (Å²) in [5.41, 5.74) is 8.25. The van der Waals surface area contributed by atoms with E-state index in [9.17, 15) is 0 Å². The summed E-state index contributed by atoms with van der Waals surface area (Å²) in [7, 11) is -0.0775. The molecule has 29 heavy (non-hydrogen) atoms. The van der Waals surface area contributed by atoms with Gasteiger partial charge in [-0.05, 0) is 60.6 Å². The highest BCUT2D eigenvalue weighted by molar-refractivity contribution is 7.97. The predicted octanol–water partition coefficient (Wildman–Crippen LogP) is 5.39. The fourth-order valence-electron chi connectivity index (χ4n) is 3.87. The number of rotatable bonds is 3. The van der Waals surface area contributed by atoms with Gasteiger partial charge in [-0.25, -0.2) is 0 Å². The number of hydrogen-bond donors (Lipinski definition) is 0. The Morgan fingerprint density at radius 1 is 0.690 bits per heavy atom. The van der Waals surface area contributed by atoms with Crippen molar-refractivity contribution in [3.8, 4) is 0 Å². The highest BCUT2D eigenvalue weighted by Crippen LogP contribution is 2.39. The van der Waals surface area contributed by atoms with Crippen LogP contribution < -0.4 is 5.11 Å². The minimum atomic E-state index is -1.08. The van der Waals surface area contributed by atoms with E-state index in [2.05, 4.69) is 96.1 Å². The molecule has 0 radical (unpaired) electrons. The van der Waals surface area contributed by atoms with E-state index < -0.39 is 5.97 Å². The molecule has 0 aliphatic rings. The van der Waals surface area contributed by atoms with Crippen LogP contribution in [-0.4, -0.2) is 5.97 Å². The number of carboxylic acids is 1. The lowest BCUT2D eigenvalue weighted by atomic mass is 10.1. The molecule has 152 valence electrons. The minimum absolute atomic E-state index is 0.0775. The third-order valence-electron chi connectivity index (χ3n) is 4.60. The zero-order valence-electron chi connectivity index (χ0n) is 18.4. The Morgan fingerprint density at radius 3 is 1.31 bits per heavy atom. The second-order valence-electron chi connectivity index (χ2n) is 7.57. The molecule has 0 N–H and O–H groups in total. The van der Waals surface area contributed by atoms with Crippen LogP contribution in [0.1, 0.15) is 40.3 Å². The number of aryl methyl sites for hydroxylation is 6. The van der Waals surface area contributed by atoms with Crippen LogP contribution in [0.15, 0.2) is 69.3 Å². The third-order valence-corrected chi connectivity index (χ3v) is 7.44. The summed E-state index contributed by atoms with van der Waals surface area (Å²) in [6.45, 7) is 14.4. The van der Waals surface area contributed by atoms with Crippen LogP contribution in [0.25, 0.3) is 0 Å². The molecule has 0 fully saturated rings. The molecule has 2 nitrogen and oxygen atoms in total. The van der Waals surface area contributed by atoms with Crippen LogP contribution in [0.2, 0.25) is 0 Å². The molecule has 3 aromatic rings. The Bertz CT molecular complexity index is 899. The lowest BCUT2D eigenvalue weighted by Crippen LogP contribution is -2.16. The van der Waals surface area contributed by atoms with Crippen molar-refractivity contribution < 1.29 is 9.90 Å². The molecule has 0 heterocycles. The van der Waals surface area contributed by atoms with Gasteiger partial charge < -0.3 is 9.90 Å². The van der Waals surface area contributed by atoms with Gasteiger partial charge in [-0.2, -0.15) is 0 Å². The fourth-order valence-corrected chi connectivity index (χ4v) is 6.50. The number of carbonyl (C=O) groups excluding carboxylic acids is 1.